The van der Waals surface area contributed by atoms with E-state index in [4.69, 9.17) is 14.6 Å². The zero-order valence-electron chi connectivity index (χ0n) is 16.5. The van der Waals surface area contributed by atoms with E-state index < -0.39 is 24.4 Å². The van der Waals surface area contributed by atoms with Gasteiger partial charge in [0.25, 0.3) is 0 Å². The Balaban J connectivity index is 1.93. The number of unbranched alkanes of at least 4 members (excludes halogenated alkanes) is 9. The largest absolute Gasteiger partial charge is 0.394 e. The number of hydrogen-bond acceptors (Lipinski definition) is 5. The molecule has 26 heavy (non-hydrogen) atoms. The van der Waals surface area contributed by atoms with Gasteiger partial charge in [0.1, 0.15) is 24.4 Å². The van der Waals surface area contributed by atoms with Crippen LogP contribution in [-0.2, 0) is 9.47 Å². The standard InChI is InChI=1S/C21H40O5/c1-2-3-4-5-6-7-8-9-10-11-12-13-14-15-25-21-18(23)17-26-19(16-22)20(21)24/h6-7,18-24H,2-5,8-17H2,1H3/b7-6+/t18-,19+,20+,21+/m1/s1. The molecule has 0 aliphatic carbocycles. The molecule has 0 saturated carbocycles. The summed E-state index contributed by atoms with van der Waals surface area (Å²) in [4.78, 5) is 0. The van der Waals surface area contributed by atoms with Crippen molar-refractivity contribution in [2.24, 2.45) is 0 Å². The molecule has 3 N–H and O–H groups in total. The predicted molar refractivity (Wildman–Crippen MR) is 104 cm³/mol. The van der Waals surface area contributed by atoms with E-state index in [1.807, 2.05) is 0 Å². The van der Waals surface area contributed by atoms with Crippen LogP contribution in [0, 0.1) is 0 Å². The Kier molecular flexibility index (Phi) is 14.1. The molecule has 1 heterocycles. The Morgan fingerprint density at radius 1 is 0.923 bits per heavy atom. The molecular weight excluding hydrogens is 332 g/mol. The summed E-state index contributed by atoms with van der Waals surface area (Å²) < 4.78 is 10.8. The van der Waals surface area contributed by atoms with Crippen molar-refractivity contribution >= 4 is 0 Å². The minimum absolute atomic E-state index is 0.0972. The first-order valence-electron chi connectivity index (χ1n) is 10.6. The SMILES string of the molecule is CCCCC/C=C/CCCCCCCCO[C@@H]1[C@@H](O)[C@H](CO)OC[C@H]1O. The fourth-order valence-corrected chi connectivity index (χ4v) is 3.26. The highest BCUT2D eigenvalue weighted by Crippen LogP contribution is 2.19. The minimum atomic E-state index is -0.973. The lowest BCUT2D eigenvalue weighted by molar-refractivity contribution is -0.210. The molecule has 0 unspecified atom stereocenters. The molecule has 0 amide bonds. The smallest absolute Gasteiger partial charge is 0.114 e. The van der Waals surface area contributed by atoms with Crippen molar-refractivity contribution in [1.29, 1.82) is 0 Å². The highest BCUT2D eigenvalue weighted by molar-refractivity contribution is 4.87. The van der Waals surface area contributed by atoms with Crippen LogP contribution < -0.4 is 0 Å². The number of aliphatic hydroxyl groups is 3. The van der Waals surface area contributed by atoms with E-state index in [1.165, 1.54) is 57.8 Å². The van der Waals surface area contributed by atoms with Crippen LogP contribution in [0.5, 0.6) is 0 Å². The Morgan fingerprint density at radius 2 is 1.54 bits per heavy atom. The van der Waals surface area contributed by atoms with Crippen molar-refractivity contribution in [1.82, 2.24) is 0 Å². The second-order valence-electron chi connectivity index (χ2n) is 7.32. The Morgan fingerprint density at radius 3 is 2.19 bits per heavy atom. The second-order valence-corrected chi connectivity index (χ2v) is 7.32. The molecule has 154 valence electrons. The van der Waals surface area contributed by atoms with Gasteiger partial charge in [-0.15, -0.1) is 0 Å². The van der Waals surface area contributed by atoms with E-state index in [-0.39, 0.29) is 13.2 Å². The van der Waals surface area contributed by atoms with Crippen molar-refractivity contribution in [3.63, 3.8) is 0 Å². The maximum atomic E-state index is 10.0. The lowest BCUT2D eigenvalue weighted by Crippen LogP contribution is -2.55. The molecule has 1 aliphatic rings. The summed E-state index contributed by atoms with van der Waals surface area (Å²) in [5, 5.41) is 29.0. The first kappa shape index (κ1) is 23.6. The first-order valence-corrected chi connectivity index (χ1v) is 10.6. The van der Waals surface area contributed by atoms with Gasteiger partial charge in [-0.1, -0.05) is 57.6 Å². The van der Waals surface area contributed by atoms with Crippen molar-refractivity contribution < 1.29 is 24.8 Å². The molecule has 4 atom stereocenters. The fraction of sp³-hybridized carbons (Fsp3) is 0.905. The lowest BCUT2D eigenvalue weighted by atomic mass is 10.0. The van der Waals surface area contributed by atoms with E-state index in [0.29, 0.717) is 6.61 Å². The summed E-state index contributed by atoms with van der Waals surface area (Å²) in [6.07, 6.45) is 14.9. The van der Waals surface area contributed by atoms with Crippen LogP contribution in [0.3, 0.4) is 0 Å². The van der Waals surface area contributed by atoms with E-state index in [2.05, 4.69) is 19.1 Å². The number of ether oxygens (including phenoxy) is 2. The zero-order valence-corrected chi connectivity index (χ0v) is 16.5. The third-order valence-corrected chi connectivity index (χ3v) is 4.97. The molecule has 0 aromatic rings. The Bertz CT molecular complexity index is 347. The average Bonchev–Trinajstić information content (AvgIpc) is 2.64. The summed E-state index contributed by atoms with van der Waals surface area (Å²) in [6, 6.07) is 0. The molecule has 5 heteroatoms. The van der Waals surface area contributed by atoms with Crippen molar-refractivity contribution in [3.8, 4) is 0 Å². The van der Waals surface area contributed by atoms with Gasteiger partial charge in [-0.05, 0) is 32.1 Å². The van der Waals surface area contributed by atoms with E-state index >= 15 is 0 Å². The van der Waals surface area contributed by atoms with Crippen LogP contribution in [0.2, 0.25) is 0 Å². The minimum Gasteiger partial charge on any atom is -0.394 e. The molecular formula is C21H40O5. The van der Waals surface area contributed by atoms with Gasteiger partial charge in [0.2, 0.25) is 0 Å². The summed E-state index contributed by atoms with van der Waals surface area (Å²) in [5.74, 6) is 0. The van der Waals surface area contributed by atoms with Crippen molar-refractivity contribution in [2.45, 2.75) is 102 Å². The highest BCUT2D eigenvalue weighted by Gasteiger charge is 2.38. The number of rotatable bonds is 15. The van der Waals surface area contributed by atoms with Gasteiger partial charge in [0.15, 0.2) is 0 Å². The molecule has 0 bridgehead atoms. The normalized spacial score (nSPS) is 26.6. The van der Waals surface area contributed by atoms with Gasteiger partial charge in [-0.3, -0.25) is 0 Å². The van der Waals surface area contributed by atoms with Crippen LogP contribution in [0.4, 0.5) is 0 Å². The van der Waals surface area contributed by atoms with Crippen LogP contribution in [0.25, 0.3) is 0 Å². The molecule has 0 aromatic heterocycles. The number of allylic oxidation sites excluding steroid dienone is 2. The second kappa shape index (κ2) is 15.6. The van der Waals surface area contributed by atoms with E-state index in [9.17, 15) is 10.2 Å². The van der Waals surface area contributed by atoms with Crippen molar-refractivity contribution in [2.75, 3.05) is 19.8 Å². The molecule has 1 fully saturated rings. The quantitative estimate of drug-likeness (QED) is 0.303. The first-order chi connectivity index (χ1) is 12.7. The molecule has 0 spiro atoms. The predicted octanol–water partition coefficient (Wildman–Crippen LogP) is 3.35. The molecule has 5 nitrogen and oxygen atoms in total. The molecule has 1 rings (SSSR count). The molecule has 0 radical (unpaired) electrons. The number of hydrogen-bond donors (Lipinski definition) is 3. The lowest BCUT2D eigenvalue weighted by Gasteiger charge is -2.37. The topological polar surface area (TPSA) is 79.2 Å². The molecule has 0 aromatic carbocycles. The van der Waals surface area contributed by atoms with Gasteiger partial charge < -0.3 is 24.8 Å². The zero-order chi connectivity index (χ0) is 19.0. The van der Waals surface area contributed by atoms with Gasteiger partial charge in [-0.2, -0.15) is 0 Å². The van der Waals surface area contributed by atoms with Crippen LogP contribution in [-0.4, -0.2) is 59.6 Å². The maximum Gasteiger partial charge on any atom is 0.114 e. The summed E-state index contributed by atoms with van der Waals surface area (Å²) in [7, 11) is 0. The summed E-state index contributed by atoms with van der Waals surface area (Å²) in [5.41, 5.74) is 0. The van der Waals surface area contributed by atoms with E-state index in [1.54, 1.807) is 0 Å². The van der Waals surface area contributed by atoms with Gasteiger partial charge in [-0.25, -0.2) is 0 Å². The van der Waals surface area contributed by atoms with Gasteiger partial charge in [0.05, 0.1) is 13.2 Å². The Hall–Kier alpha value is -0.460. The summed E-state index contributed by atoms with van der Waals surface area (Å²) in [6.45, 7) is 2.60. The third-order valence-electron chi connectivity index (χ3n) is 4.97. The van der Waals surface area contributed by atoms with Crippen molar-refractivity contribution in [3.05, 3.63) is 12.2 Å². The van der Waals surface area contributed by atoms with E-state index in [0.717, 1.165) is 12.8 Å². The highest BCUT2D eigenvalue weighted by atomic mass is 16.6. The monoisotopic (exact) mass is 372 g/mol. The third kappa shape index (κ3) is 10.0. The van der Waals surface area contributed by atoms with Crippen LogP contribution in [0.15, 0.2) is 12.2 Å². The maximum absolute atomic E-state index is 10.0. The average molecular weight is 373 g/mol. The summed E-state index contributed by atoms with van der Waals surface area (Å²) >= 11 is 0. The molecule has 1 aliphatic heterocycles. The molecule has 1 saturated heterocycles. The van der Waals surface area contributed by atoms with Crippen LogP contribution >= 0.6 is 0 Å². The number of aliphatic hydroxyl groups excluding tert-OH is 3. The Labute approximate surface area is 159 Å². The fourth-order valence-electron chi connectivity index (χ4n) is 3.26. The van der Waals surface area contributed by atoms with Crippen LogP contribution in [0.1, 0.15) is 77.6 Å². The van der Waals surface area contributed by atoms with Gasteiger partial charge >= 0.3 is 0 Å². The van der Waals surface area contributed by atoms with Gasteiger partial charge in [0, 0.05) is 6.61 Å².